The standard InChI is InChI=1S/C14H17N3OS/c18-9-3-2-6-17(7-9)13-12-10-4-1-5-11(10)19-14(12)16-8-15-13/h8-9,18H,1-7H2. The number of fused-ring (bicyclic) bond motifs is 3. The summed E-state index contributed by atoms with van der Waals surface area (Å²) >= 11 is 1.83. The molecular weight excluding hydrogens is 258 g/mol. The number of hydrogen-bond acceptors (Lipinski definition) is 5. The summed E-state index contributed by atoms with van der Waals surface area (Å²) < 4.78 is 0. The van der Waals surface area contributed by atoms with Gasteiger partial charge >= 0.3 is 0 Å². The van der Waals surface area contributed by atoms with Crippen molar-refractivity contribution in [3.63, 3.8) is 0 Å². The van der Waals surface area contributed by atoms with Gasteiger partial charge in [-0.05, 0) is 37.7 Å². The van der Waals surface area contributed by atoms with E-state index in [1.54, 1.807) is 6.33 Å². The molecule has 0 spiro atoms. The summed E-state index contributed by atoms with van der Waals surface area (Å²) in [5.41, 5.74) is 1.47. The van der Waals surface area contributed by atoms with Gasteiger partial charge < -0.3 is 10.0 Å². The SMILES string of the molecule is OC1CCCN(c2ncnc3sc4c(c23)CCC4)C1. The van der Waals surface area contributed by atoms with E-state index in [9.17, 15) is 5.11 Å². The maximum absolute atomic E-state index is 9.87. The van der Waals surface area contributed by atoms with Crippen LogP contribution in [0.4, 0.5) is 5.82 Å². The van der Waals surface area contributed by atoms with E-state index in [1.165, 1.54) is 28.7 Å². The van der Waals surface area contributed by atoms with Crippen LogP contribution in [0.1, 0.15) is 29.7 Å². The Hall–Kier alpha value is -1.20. The maximum Gasteiger partial charge on any atom is 0.141 e. The predicted molar refractivity (Wildman–Crippen MR) is 76.9 cm³/mol. The van der Waals surface area contributed by atoms with Crippen molar-refractivity contribution in [2.45, 2.75) is 38.2 Å². The van der Waals surface area contributed by atoms with Gasteiger partial charge in [0.1, 0.15) is 17.0 Å². The minimum absolute atomic E-state index is 0.217. The van der Waals surface area contributed by atoms with Gasteiger partial charge in [0.2, 0.25) is 0 Å². The molecule has 1 atom stereocenters. The van der Waals surface area contributed by atoms with Crippen molar-refractivity contribution in [2.24, 2.45) is 0 Å². The van der Waals surface area contributed by atoms with Crippen molar-refractivity contribution in [1.29, 1.82) is 0 Å². The molecule has 100 valence electrons. The monoisotopic (exact) mass is 275 g/mol. The van der Waals surface area contributed by atoms with Crippen LogP contribution in [0.5, 0.6) is 0 Å². The first kappa shape index (κ1) is 11.6. The van der Waals surface area contributed by atoms with Crippen molar-refractivity contribution < 1.29 is 5.11 Å². The number of aliphatic hydroxyl groups excluding tert-OH is 1. The molecule has 0 bridgehead atoms. The zero-order valence-corrected chi connectivity index (χ0v) is 11.6. The van der Waals surface area contributed by atoms with Gasteiger partial charge in [-0.2, -0.15) is 0 Å². The molecule has 1 N–H and O–H groups in total. The average molecular weight is 275 g/mol. The molecule has 5 heteroatoms. The lowest BCUT2D eigenvalue weighted by atomic mass is 10.1. The van der Waals surface area contributed by atoms with Crippen molar-refractivity contribution in [2.75, 3.05) is 18.0 Å². The summed E-state index contributed by atoms with van der Waals surface area (Å²) in [7, 11) is 0. The van der Waals surface area contributed by atoms with Crippen LogP contribution in [-0.4, -0.2) is 34.3 Å². The second-order valence-electron chi connectivity index (χ2n) is 5.48. The number of aliphatic hydroxyl groups is 1. The molecule has 0 amide bonds. The number of nitrogens with zero attached hydrogens (tertiary/aromatic N) is 3. The molecule has 0 radical (unpaired) electrons. The summed E-state index contributed by atoms with van der Waals surface area (Å²) in [5, 5.41) is 11.1. The molecule has 1 aliphatic heterocycles. The van der Waals surface area contributed by atoms with Crippen LogP contribution in [0.25, 0.3) is 10.2 Å². The van der Waals surface area contributed by atoms with Crippen LogP contribution in [-0.2, 0) is 12.8 Å². The number of anilines is 1. The zero-order chi connectivity index (χ0) is 12.8. The number of piperidine rings is 1. The quantitative estimate of drug-likeness (QED) is 0.866. The minimum Gasteiger partial charge on any atom is -0.391 e. The number of aromatic nitrogens is 2. The third-order valence-electron chi connectivity index (χ3n) is 4.18. The molecule has 0 saturated carbocycles. The van der Waals surface area contributed by atoms with Crippen molar-refractivity contribution in [3.8, 4) is 0 Å². The van der Waals surface area contributed by atoms with Gasteiger partial charge in [-0.25, -0.2) is 9.97 Å². The second-order valence-corrected chi connectivity index (χ2v) is 6.56. The van der Waals surface area contributed by atoms with Gasteiger partial charge in [0.15, 0.2) is 0 Å². The molecule has 1 fully saturated rings. The third kappa shape index (κ3) is 1.83. The number of rotatable bonds is 1. The maximum atomic E-state index is 9.87. The van der Waals surface area contributed by atoms with Crippen LogP contribution < -0.4 is 4.90 Å². The number of aryl methyl sites for hydroxylation is 2. The highest BCUT2D eigenvalue weighted by molar-refractivity contribution is 7.19. The van der Waals surface area contributed by atoms with Crippen molar-refractivity contribution in [3.05, 3.63) is 16.8 Å². The van der Waals surface area contributed by atoms with Gasteiger partial charge in [0.05, 0.1) is 11.5 Å². The normalized spacial score (nSPS) is 23.0. The fraction of sp³-hybridized carbons (Fsp3) is 0.571. The minimum atomic E-state index is -0.217. The zero-order valence-electron chi connectivity index (χ0n) is 10.8. The summed E-state index contributed by atoms with van der Waals surface area (Å²) in [6, 6.07) is 0. The number of thiophene rings is 1. The Morgan fingerprint density at radius 3 is 3.11 bits per heavy atom. The first-order valence-electron chi connectivity index (χ1n) is 7.01. The lowest BCUT2D eigenvalue weighted by Crippen LogP contribution is -2.38. The molecule has 4 rings (SSSR count). The molecule has 2 aliphatic rings. The topological polar surface area (TPSA) is 49.2 Å². The molecule has 4 nitrogen and oxygen atoms in total. The summed E-state index contributed by atoms with van der Waals surface area (Å²) in [5.74, 6) is 1.04. The molecule has 2 aromatic heterocycles. The van der Waals surface area contributed by atoms with Crippen LogP contribution >= 0.6 is 11.3 Å². The molecule has 1 saturated heterocycles. The smallest absolute Gasteiger partial charge is 0.141 e. The van der Waals surface area contributed by atoms with E-state index < -0.39 is 0 Å². The molecule has 1 aliphatic carbocycles. The van der Waals surface area contributed by atoms with Crippen LogP contribution in [0, 0.1) is 0 Å². The van der Waals surface area contributed by atoms with Crippen LogP contribution in [0.2, 0.25) is 0 Å². The van der Waals surface area contributed by atoms with Gasteiger partial charge in [0, 0.05) is 18.0 Å². The van der Waals surface area contributed by atoms with E-state index in [-0.39, 0.29) is 6.10 Å². The lowest BCUT2D eigenvalue weighted by Gasteiger charge is -2.31. The van der Waals surface area contributed by atoms with Crippen molar-refractivity contribution in [1.82, 2.24) is 9.97 Å². The Balaban J connectivity index is 1.85. The first-order valence-corrected chi connectivity index (χ1v) is 7.83. The summed E-state index contributed by atoms with van der Waals surface area (Å²) in [6.45, 7) is 1.70. The number of hydrogen-bond donors (Lipinski definition) is 1. The Bertz CT molecular complexity index is 624. The average Bonchev–Trinajstić information content (AvgIpc) is 2.98. The largest absolute Gasteiger partial charge is 0.391 e. The summed E-state index contributed by atoms with van der Waals surface area (Å²) in [6.07, 6.45) is 7.01. The van der Waals surface area contributed by atoms with Gasteiger partial charge in [-0.1, -0.05) is 0 Å². The lowest BCUT2D eigenvalue weighted by molar-refractivity contribution is 0.154. The van der Waals surface area contributed by atoms with E-state index in [0.29, 0.717) is 6.54 Å². The van der Waals surface area contributed by atoms with Gasteiger partial charge in [0.25, 0.3) is 0 Å². The highest BCUT2D eigenvalue weighted by Crippen LogP contribution is 2.40. The highest BCUT2D eigenvalue weighted by atomic mass is 32.1. The summed E-state index contributed by atoms with van der Waals surface area (Å²) in [4.78, 5) is 13.8. The van der Waals surface area contributed by atoms with E-state index >= 15 is 0 Å². The van der Waals surface area contributed by atoms with E-state index in [1.807, 2.05) is 11.3 Å². The second kappa shape index (κ2) is 4.42. The Morgan fingerprint density at radius 2 is 2.21 bits per heavy atom. The number of β-amino-alcohol motifs (C(OH)–C–C–N with tert-alkyl or cyclic N) is 1. The Kier molecular flexibility index (Phi) is 2.70. The van der Waals surface area contributed by atoms with E-state index in [4.69, 9.17) is 0 Å². The molecule has 3 heterocycles. The molecule has 1 unspecified atom stereocenters. The predicted octanol–water partition coefficient (Wildman–Crippen LogP) is 2.14. The molecule has 19 heavy (non-hydrogen) atoms. The van der Waals surface area contributed by atoms with Crippen LogP contribution in [0.3, 0.4) is 0 Å². The van der Waals surface area contributed by atoms with E-state index in [2.05, 4.69) is 14.9 Å². The fourth-order valence-corrected chi connectivity index (χ4v) is 4.52. The van der Waals surface area contributed by atoms with Gasteiger partial charge in [-0.15, -0.1) is 11.3 Å². The molecule has 2 aromatic rings. The van der Waals surface area contributed by atoms with Crippen molar-refractivity contribution >= 4 is 27.4 Å². The molecular formula is C14H17N3OS. The Morgan fingerprint density at radius 1 is 1.26 bits per heavy atom. The Labute approximate surface area is 116 Å². The molecule has 0 aromatic carbocycles. The van der Waals surface area contributed by atoms with Crippen LogP contribution in [0.15, 0.2) is 6.33 Å². The highest BCUT2D eigenvalue weighted by Gasteiger charge is 2.25. The third-order valence-corrected chi connectivity index (χ3v) is 5.38. The fourth-order valence-electron chi connectivity index (χ4n) is 3.30. The van der Waals surface area contributed by atoms with Gasteiger partial charge in [-0.3, -0.25) is 0 Å². The first-order chi connectivity index (χ1) is 9.33. The van der Waals surface area contributed by atoms with E-state index in [0.717, 1.165) is 36.5 Å².